The van der Waals surface area contributed by atoms with Gasteiger partial charge in [0.1, 0.15) is 6.17 Å². The second-order valence-electron chi connectivity index (χ2n) is 5.27. The van der Waals surface area contributed by atoms with E-state index < -0.39 is 6.17 Å². The monoisotopic (exact) mass is 282 g/mol. The fourth-order valence-corrected chi connectivity index (χ4v) is 2.93. The van der Waals surface area contributed by atoms with Crippen LogP contribution in [0.15, 0.2) is 24.3 Å². The average Bonchev–Trinajstić information content (AvgIpc) is 2.99. The van der Waals surface area contributed by atoms with Gasteiger partial charge in [0, 0.05) is 29.9 Å². The van der Waals surface area contributed by atoms with E-state index in [1.54, 1.807) is 0 Å². The standard InChI is InChI=1S/C14H16ClFN2O/c15-11-4-2-1-3-9(11)10-6-12(10)18-14(19)13-5-8(16)7-17-13/h1-4,8,10,12-13,17H,5-7H2,(H,18,19)/t8?,10-,12+,13?/m0/s1. The Morgan fingerprint density at radius 3 is 2.84 bits per heavy atom. The smallest absolute Gasteiger partial charge is 0.237 e. The van der Waals surface area contributed by atoms with Gasteiger partial charge < -0.3 is 10.6 Å². The summed E-state index contributed by atoms with van der Waals surface area (Å²) in [7, 11) is 0. The number of carbonyl (C=O) groups excluding carboxylic acids is 1. The number of benzene rings is 1. The maximum atomic E-state index is 13.0. The van der Waals surface area contributed by atoms with E-state index in [0.717, 1.165) is 17.0 Å². The summed E-state index contributed by atoms with van der Waals surface area (Å²) in [6, 6.07) is 7.44. The molecular formula is C14H16ClFN2O. The van der Waals surface area contributed by atoms with Gasteiger partial charge in [-0.3, -0.25) is 4.79 Å². The molecule has 2 aliphatic rings. The highest BCUT2D eigenvalue weighted by Gasteiger charge is 2.42. The van der Waals surface area contributed by atoms with Crippen molar-refractivity contribution in [2.45, 2.75) is 37.0 Å². The van der Waals surface area contributed by atoms with E-state index in [0.29, 0.717) is 5.92 Å². The zero-order valence-corrected chi connectivity index (χ0v) is 11.2. The van der Waals surface area contributed by atoms with Gasteiger partial charge in [0.25, 0.3) is 0 Å². The van der Waals surface area contributed by atoms with Gasteiger partial charge in [-0.05, 0) is 18.1 Å². The summed E-state index contributed by atoms with van der Waals surface area (Å²) in [5.41, 5.74) is 1.08. The van der Waals surface area contributed by atoms with Crippen LogP contribution in [0.3, 0.4) is 0 Å². The van der Waals surface area contributed by atoms with E-state index in [4.69, 9.17) is 11.6 Å². The quantitative estimate of drug-likeness (QED) is 0.890. The van der Waals surface area contributed by atoms with Crippen LogP contribution >= 0.6 is 11.6 Å². The van der Waals surface area contributed by atoms with Crippen LogP contribution in [0.25, 0.3) is 0 Å². The topological polar surface area (TPSA) is 41.1 Å². The third kappa shape index (κ3) is 2.74. The molecule has 1 amide bonds. The summed E-state index contributed by atoms with van der Waals surface area (Å²) >= 11 is 6.13. The van der Waals surface area contributed by atoms with Crippen LogP contribution in [0, 0.1) is 0 Å². The molecule has 3 rings (SSSR count). The Bertz CT molecular complexity index is 496. The fourth-order valence-electron chi connectivity index (χ4n) is 2.65. The first-order valence-corrected chi connectivity index (χ1v) is 6.95. The Balaban J connectivity index is 1.56. The molecule has 1 aliphatic carbocycles. The van der Waals surface area contributed by atoms with Crippen molar-refractivity contribution >= 4 is 17.5 Å². The second-order valence-corrected chi connectivity index (χ2v) is 5.68. The van der Waals surface area contributed by atoms with Gasteiger partial charge in [0.05, 0.1) is 6.04 Å². The summed E-state index contributed by atoms with van der Waals surface area (Å²) in [4.78, 5) is 11.9. The van der Waals surface area contributed by atoms with Gasteiger partial charge in [-0.2, -0.15) is 0 Å². The van der Waals surface area contributed by atoms with E-state index in [-0.39, 0.29) is 31.0 Å². The third-order valence-corrected chi connectivity index (χ3v) is 4.16. The summed E-state index contributed by atoms with van der Waals surface area (Å²) in [6.07, 6.45) is 0.269. The van der Waals surface area contributed by atoms with Crippen LogP contribution in [-0.4, -0.2) is 30.7 Å². The molecule has 5 heteroatoms. The van der Waals surface area contributed by atoms with E-state index in [1.807, 2.05) is 24.3 Å². The normalized spacial score (nSPS) is 33.2. The van der Waals surface area contributed by atoms with Crippen molar-refractivity contribution in [1.82, 2.24) is 10.6 Å². The zero-order chi connectivity index (χ0) is 13.4. The molecule has 1 heterocycles. The molecule has 2 unspecified atom stereocenters. The molecule has 1 aliphatic heterocycles. The molecule has 0 spiro atoms. The number of hydrogen-bond acceptors (Lipinski definition) is 2. The van der Waals surface area contributed by atoms with Gasteiger partial charge in [-0.25, -0.2) is 4.39 Å². The molecule has 3 nitrogen and oxygen atoms in total. The Kier molecular flexibility index (Phi) is 3.46. The number of carbonyl (C=O) groups is 1. The van der Waals surface area contributed by atoms with Crippen molar-refractivity contribution in [3.8, 4) is 0 Å². The first kappa shape index (κ1) is 12.9. The third-order valence-electron chi connectivity index (χ3n) is 3.82. The molecule has 4 atom stereocenters. The Labute approximate surface area is 116 Å². The highest BCUT2D eigenvalue weighted by Crippen LogP contribution is 2.43. The number of alkyl halides is 1. The lowest BCUT2D eigenvalue weighted by molar-refractivity contribution is -0.123. The largest absolute Gasteiger partial charge is 0.351 e. The molecule has 0 radical (unpaired) electrons. The highest BCUT2D eigenvalue weighted by molar-refractivity contribution is 6.31. The van der Waals surface area contributed by atoms with Crippen molar-refractivity contribution in [2.75, 3.05) is 6.54 Å². The predicted molar refractivity (Wildman–Crippen MR) is 72.0 cm³/mol. The SMILES string of the molecule is O=C(N[C@@H]1C[C@H]1c1ccccc1Cl)C1CC(F)CN1. The molecule has 1 saturated carbocycles. The second kappa shape index (κ2) is 5.10. The molecule has 102 valence electrons. The van der Waals surface area contributed by atoms with E-state index in [1.165, 1.54) is 0 Å². The van der Waals surface area contributed by atoms with Gasteiger partial charge in [-0.1, -0.05) is 29.8 Å². The maximum absolute atomic E-state index is 13.0. The van der Waals surface area contributed by atoms with Crippen molar-refractivity contribution < 1.29 is 9.18 Å². The number of amides is 1. The van der Waals surface area contributed by atoms with Crippen molar-refractivity contribution in [1.29, 1.82) is 0 Å². The Morgan fingerprint density at radius 2 is 2.16 bits per heavy atom. The minimum atomic E-state index is -0.908. The highest BCUT2D eigenvalue weighted by atomic mass is 35.5. The van der Waals surface area contributed by atoms with Gasteiger partial charge in [-0.15, -0.1) is 0 Å². The molecule has 2 fully saturated rings. The Hall–Kier alpha value is -1.13. The molecule has 19 heavy (non-hydrogen) atoms. The van der Waals surface area contributed by atoms with Crippen LogP contribution < -0.4 is 10.6 Å². The molecule has 2 N–H and O–H groups in total. The number of rotatable bonds is 3. The molecule has 1 aromatic rings. The van der Waals surface area contributed by atoms with E-state index >= 15 is 0 Å². The minimum Gasteiger partial charge on any atom is -0.351 e. The predicted octanol–water partition coefficient (Wildman–Crippen LogP) is 2.01. The van der Waals surface area contributed by atoms with Crippen LogP contribution in [0.4, 0.5) is 4.39 Å². The summed E-state index contributed by atoms with van der Waals surface area (Å²) < 4.78 is 13.0. The van der Waals surface area contributed by atoms with Crippen LogP contribution in [-0.2, 0) is 4.79 Å². The lowest BCUT2D eigenvalue weighted by Crippen LogP contribution is -2.41. The lowest BCUT2D eigenvalue weighted by atomic mass is 10.1. The molecule has 1 aromatic carbocycles. The molecular weight excluding hydrogens is 267 g/mol. The first-order valence-electron chi connectivity index (χ1n) is 6.57. The molecule has 0 aromatic heterocycles. The summed E-state index contributed by atoms with van der Waals surface area (Å²) in [5.74, 6) is 0.194. The van der Waals surface area contributed by atoms with Crippen LogP contribution in [0.2, 0.25) is 5.02 Å². The maximum Gasteiger partial charge on any atom is 0.237 e. The zero-order valence-electron chi connectivity index (χ0n) is 10.4. The minimum absolute atomic E-state index is 0.0975. The van der Waals surface area contributed by atoms with E-state index in [2.05, 4.69) is 10.6 Å². The molecule has 0 bridgehead atoms. The van der Waals surface area contributed by atoms with Gasteiger partial charge in [0.2, 0.25) is 5.91 Å². The van der Waals surface area contributed by atoms with E-state index in [9.17, 15) is 9.18 Å². The van der Waals surface area contributed by atoms with Gasteiger partial charge >= 0.3 is 0 Å². The molecule has 1 saturated heterocycles. The first-order chi connectivity index (χ1) is 9.15. The fraction of sp³-hybridized carbons (Fsp3) is 0.500. The summed E-state index contributed by atoms with van der Waals surface area (Å²) in [6.45, 7) is 0.274. The Morgan fingerprint density at radius 1 is 1.37 bits per heavy atom. The number of nitrogens with one attached hydrogen (secondary N) is 2. The van der Waals surface area contributed by atoms with Crippen LogP contribution in [0.1, 0.15) is 24.3 Å². The van der Waals surface area contributed by atoms with Crippen molar-refractivity contribution in [3.05, 3.63) is 34.9 Å². The van der Waals surface area contributed by atoms with Crippen molar-refractivity contribution in [2.24, 2.45) is 0 Å². The van der Waals surface area contributed by atoms with Gasteiger partial charge in [0.15, 0.2) is 0 Å². The number of hydrogen-bond donors (Lipinski definition) is 2. The lowest BCUT2D eigenvalue weighted by Gasteiger charge is -2.11. The number of halogens is 2. The average molecular weight is 283 g/mol. The van der Waals surface area contributed by atoms with Crippen LogP contribution in [0.5, 0.6) is 0 Å². The summed E-state index contributed by atoms with van der Waals surface area (Å²) in [5, 5.41) is 6.60. The van der Waals surface area contributed by atoms with Crippen molar-refractivity contribution in [3.63, 3.8) is 0 Å².